The van der Waals surface area contributed by atoms with Gasteiger partial charge in [-0.3, -0.25) is 4.79 Å². The highest BCUT2D eigenvalue weighted by Crippen LogP contribution is 2.23. The summed E-state index contributed by atoms with van der Waals surface area (Å²) in [6, 6.07) is 19.4. The molecule has 0 fully saturated rings. The van der Waals surface area contributed by atoms with Gasteiger partial charge in [-0.15, -0.1) is 0 Å². The van der Waals surface area contributed by atoms with E-state index in [1.165, 1.54) is 11.1 Å². The number of nitrogens with one attached hydrogen (secondary N) is 1. The van der Waals surface area contributed by atoms with E-state index in [0.717, 1.165) is 11.3 Å². The molecule has 3 aromatic rings. The highest BCUT2D eigenvalue weighted by atomic mass is 16.3. The molecule has 3 nitrogen and oxygen atoms in total. The summed E-state index contributed by atoms with van der Waals surface area (Å²) in [7, 11) is 0. The van der Waals surface area contributed by atoms with Crippen molar-refractivity contribution >= 4 is 11.6 Å². The maximum atomic E-state index is 12.3. The first-order valence-corrected chi connectivity index (χ1v) is 8.11. The first kappa shape index (κ1) is 16.1. The molecule has 0 aliphatic heterocycles. The van der Waals surface area contributed by atoms with Gasteiger partial charge in [0, 0.05) is 11.3 Å². The fourth-order valence-corrected chi connectivity index (χ4v) is 2.48. The SMILES string of the molecule is Cc1ccc(-c2ccc(C(=O)Nc3ccc(C(C)C)cc3)o2)cc1. The lowest BCUT2D eigenvalue weighted by Crippen LogP contribution is -2.10. The highest BCUT2D eigenvalue weighted by Gasteiger charge is 2.12. The van der Waals surface area contributed by atoms with Gasteiger partial charge in [0.1, 0.15) is 5.76 Å². The van der Waals surface area contributed by atoms with Crippen molar-refractivity contribution in [2.45, 2.75) is 26.7 Å². The van der Waals surface area contributed by atoms with Crippen LogP contribution in [-0.4, -0.2) is 5.91 Å². The van der Waals surface area contributed by atoms with Crippen LogP contribution in [0.25, 0.3) is 11.3 Å². The lowest BCUT2D eigenvalue weighted by Gasteiger charge is -2.07. The van der Waals surface area contributed by atoms with E-state index in [9.17, 15) is 4.79 Å². The fraction of sp³-hybridized carbons (Fsp3) is 0.190. The third kappa shape index (κ3) is 3.57. The second-order valence-electron chi connectivity index (χ2n) is 6.26. The average molecular weight is 319 g/mol. The summed E-state index contributed by atoms with van der Waals surface area (Å²) in [5.41, 5.74) is 4.15. The summed E-state index contributed by atoms with van der Waals surface area (Å²) in [5.74, 6) is 1.22. The van der Waals surface area contributed by atoms with Crippen molar-refractivity contribution in [3.8, 4) is 11.3 Å². The molecular formula is C21H21NO2. The van der Waals surface area contributed by atoms with Crippen LogP contribution in [0.3, 0.4) is 0 Å². The molecule has 1 N–H and O–H groups in total. The Morgan fingerprint density at radius 3 is 2.21 bits per heavy atom. The van der Waals surface area contributed by atoms with Crippen LogP contribution in [0.4, 0.5) is 5.69 Å². The summed E-state index contributed by atoms with van der Waals surface area (Å²) >= 11 is 0. The molecule has 0 aliphatic carbocycles. The fourth-order valence-electron chi connectivity index (χ4n) is 2.48. The quantitative estimate of drug-likeness (QED) is 0.677. The van der Waals surface area contributed by atoms with Crippen molar-refractivity contribution in [2.24, 2.45) is 0 Å². The number of aryl methyl sites for hydroxylation is 1. The van der Waals surface area contributed by atoms with Crippen LogP contribution in [0.1, 0.15) is 41.4 Å². The summed E-state index contributed by atoms with van der Waals surface area (Å²) < 4.78 is 5.69. The van der Waals surface area contributed by atoms with E-state index in [1.807, 2.05) is 61.5 Å². The number of benzene rings is 2. The van der Waals surface area contributed by atoms with Gasteiger partial charge in [-0.05, 0) is 42.7 Å². The lowest BCUT2D eigenvalue weighted by molar-refractivity contribution is 0.0997. The smallest absolute Gasteiger partial charge is 0.291 e. The number of amides is 1. The van der Waals surface area contributed by atoms with E-state index in [-0.39, 0.29) is 5.91 Å². The second-order valence-corrected chi connectivity index (χ2v) is 6.26. The molecule has 24 heavy (non-hydrogen) atoms. The Morgan fingerprint density at radius 2 is 1.58 bits per heavy atom. The number of hydrogen-bond acceptors (Lipinski definition) is 2. The Morgan fingerprint density at radius 1 is 0.917 bits per heavy atom. The minimum Gasteiger partial charge on any atom is -0.451 e. The maximum absolute atomic E-state index is 12.3. The van der Waals surface area contributed by atoms with Gasteiger partial charge in [0.2, 0.25) is 0 Å². The van der Waals surface area contributed by atoms with E-state index in [0.29, 0.717) is 17.4 Å². The standard InChI is InChI=1S/C21H21NO2/c1-14(2)16-8-10-18(11-9-16)22-21(23)20-13-12-19(24-20)17-6-4-15(3)5-7-17/h4-14H,1-3H3,(H,22,23). The Kier molecular flexibility index (Phi) is 4.52. The molecule has 0 unspecified atom stereocenters. The van der Waals surface area contributed by atoms with Crippen molar-refractivity contribution in [1.82, 2.24) is 0 Å². The van der Waals surface area contributed by atoms with Crippen molar-refractivity contribution in [2.75, 3.05) is 5.32 Å². The molecule has 0 spiro atoms. The number of hydrogen-bond donors (Lipinski definition) is 1. The minimum absolute atomic E-state index is 0.245. The molecule has 1 amide bonds. The van der Waals surface area contributed by atoms with Crippen molar-refractivity contribution in [3.05, 3.63) is 77.6 Å². The number of carbonyl (C=O) groups is 1. The van der Waals surface area contributed by atoms with Gasteiger partial charge in [0.15, 0.2) is 5.76 Å². The van der Waals surface area contributed by atoms with Crippen LogP contribution < -0.4 is 5.32 Å². The van der Waals surface area contributed by atoms with Crippen molar-refractivity contribution in [3.63, 3.8) is 0 Å². The Labute approximate surface area is 142 Å². The van der Waals surface area contributed by atoms with Gasteiger partial charge in [0.05, 0.1) is 0 Å². The molecule has 3 heteroatoms. The predicted octanol–water partition coefficient (Wildman–Crippen LogP) is 5.63. The van der Waals surface area contributed by atoms with Gasteiger partial charge in [-0.25, -0.2) is 0 Å². The van der Waals surface area contributed by atoms with E-state index >= 15 is 0 Å². The zero-order valence-corrected chi connectivity index (χ0v) is 14.2. The van der Waals surface area contributed by atoms with Crippen molar-refractivity contribution in [1.29, 1.82) is 0 Å². The van der Waals surface area contributed by atoms with Crippen LogP contribution in [-0.2, 0) is 0 Å². The van der Waals surface area contributed by atoms with E-state index < -0.39 is 0 Å². The van der Waals surface area contributed by atoms with Crippen LogP contribution >= 0.6 is 0 Å². The van der Waals surface area contributed by atoms with Crippen LogP contribution in [0.5, 0.6) is 0 Å². The zero-order valence-electron chi connectivity index (χ0n) is 14.2. The molecule has 2 aromatic carbocycles. The Balaban J connectivity index is 1.72. The maximum Gasteiger partial charge on any atom is 0.291 e. The third-order valence-electron chi connectivity index (χ3n) is 4.00. The van der Waals surface area contributed by atoms with Crippen molar-refractivity contribution < 1.29 is 9.21 Å². The Bertz CT molecular complexity index is 827. The number of rotatable bonds is 4. The molecule has 0 atom stereocenters. The first-order chi connectivity index (χ1) is 11.5. The summed E-state index contributed by atoms with van der Waals surface area (Å²) in [6.45, 7) is 6.32. The molecule has 0 saturated carbocycles. The van der Waals surface area contributed by atoms with Gasteiger partial charge in [0.25, 0.3) is 5.91 Å². The molecular weight excluding hydrogens is 298 g/mol. The molecule has 3 rings (SSSR count). The van der Waals surface area contributed by atoms with Gasteiger partial charge < -0.3 is 9.73 Å². The molecule has 1 heterocycles. The zero-order chi connectivity index (χ0) is 17.1. The molecule has 0 saturated heterocycles. The largest absolute Gasteiger partial charge is 0.451 e. The predicted molar refractivity (Wildman–Crippen MR) is 97.4 cm³/mol. The van der Waals surface area contributed by atoms with Crippen LogP contribution in [0.15, 0.2) is 65.1 Å². The van der Waals surface area contributed by atoms with E-state index in [2.05, 4.69) is 19.2 Å². The van der Waals surface area contributed by atoms with E-state index in [4.69, 9.17) is 4.42 Å². The van der Waals surface area contributed by atoms with E-state index in [1.54, 1.807) is 6.07 Å². The Hall–Kier alpha value is -2.81. The van der Waals surface area contributed by atoms with Crippen LogP contribution in [0.2, 0.25) is 0 Å². The molecule has 1 aromatic heterocycles. The van der Waals surface area contributed by atoms with Gasteiger partial charge in [-0.1, -0.05) is 55.8 Å². The number of furan rings is 1. The number of anilines is 1. The third-order valence-corrected chi connectivity index (χ3v) is 4.00. The monoisotopic (exact) mass is 319 g/mol. The highest BCUT2D eigenvalue weighted by molar-refractivity contribution is 6.02. The summed E-state index contributed by atoms with van der Waals surface area (Å²) in [6.07, 6.45) is 0. The number of carbonyl (C=O) groups excluding carboxylic acids is 1. The molecule has 122 valence electrons. The topological polar surface area (TPSA) is 42.2 Å². The second kappa shape index (κ2) is 6.75. The van der Waals surface area contributed by atoms with Gasteiger partial charge >= 0.3 is 0 Å². The molecule has 0 bridgehead atoms. The molecule has 0 aliphatic rings. The average Bonchev–Trinajstić information content (AvgIpc) is 3.06. The summed E-state index contributed by atoms with van der Waals surface area (Å²) in [5, 5.41) is 2.87. The first-order valence-electron chi connectivity index (χ1n) is 8.11. The lowest BCUT2D eigenvalue weighted by atomic mass is 10.0. The normalized spacial score (nSPS) is 10.8. The molecule has 0 radical (unpaired) electrons. The van der Waals surface area contributed by atoms with Crippen LogP contribution in [0, 0.1) is 6.92 Å². The van der Waals surface area contributed by atoms with Gasteiger partial charge in [-0.2, -0.15) is 0 Å². The summed E-state index contributed by atoms with van der Waals surface area (Å²) in [4.78, 5) is 12.3. The minimum atomic E-state index is -0.245.